The molecule has 0 aromatic heterocycles. The average molecular weight is 678 g/mol. The van der Waals surface area contributed by atoms with E-state index in [1.165, 1.54) is 0 Å². The van der Waals surface area contributed by atoms with Crippen molar-refractivity contribution in [2.45, 2.75) is 26.4 Å². The van der Waals surface area contributed by atoms with Crippen LogP contribution in [0.3, 0.4) is 0 Å². The molecule has 38 heavy (non-hydrogen) atoms. The Bertz CT molecular complexity index is 1540. The number of esters is 1. The van der Waals surface area contributed by atoms with Gasteiger partial charge >= 0.3 is 5.97 Å². The smallest absolute Gasteiger partial charge is 0.336 e. The molecule has 1 N–H and O–H groups in total. The number of allylic oxidation sites excluding steroid dienone is 2. The maximum atomic E-state index is 13.7. The number of dihydropyridines is 1. The molecule has 194 valence electrons. The van der Waals surface area contributed by atoms with Crippen molar-refractivity contribution in [1.29, 1.82) is 0 Å². The van der Waals surface area contributed by atoms with Gasteiger partial charge in [0, 0.05) is 28.3 Å². The number of fused-ring (bicyclic) bond motifs is 2. The second-order valence-corrected chi connectivity index (χ2v) is 11.4. The lowest BCUT2D eigenvalue weighted by Gasteiger charge is -2.29. The Balaban J connectivity index is 1.56. The van der Waals surface area contributed by atoms with E-state index in [2.05, 4.69) is 37.2 Å². The highest BCUT2D eigenvalue weighted by atomic mass is 79.9. The Morgan fingerprint density at radius 3 is 2.34 bits per heavy atom. The molecule has 3 aromatic rings. The molecule has 1 atom stereocenters. The Kier molecular flexibility index (Phi) is 7.74. The summed E-state index contributed by atoms with van der Waals surface area (Å²) in [7, 11) is 0. The van der Waals surface area contributed by atoms with Crippen molar-refractivity contribution in [2.75, 3.05) is 6.61 Å². The van der Waals surface area contributed by atoms with Crippen LogP contribution in [0.1, 0.15) is 46.8 Å². The zero-order valence-corrected chi connectivity index (χ0v) is 25.0. The molecule has 5 rings (SSSR count). The van der Waals surface area contributed by atoms with Crippen molar-refractivity contribution in [3.63, 3.8) is 0 Å². The van der Waals surface area contributed by atoms with Crippen molar-refractivity contribution in [1.82, 2.24) is 5.32 Å². The quantitative estimate of drug-likeness (QED) is 0.267. The average Bonchev–Trinajstić information content (AvgIpc) is 3.16. The molecule has 0 amide bonds. The number of benzene rings is 3. The molecule has 0 radical (unpaired) electrons. The van der Waals surface area contributed by atoms with Gasteiger partial charge in [-0.1, -0.05) is 53.5 Å². The van der Waals surface area contributed by atoms with Gasteiger partial charge in [0.15, 0.2) is 5.78 Å². The third-order valence-electron chi connectivity index (χ3n) is 6.47. The highest BCUT2D eigenvalue weighted by Gasteiger charge is 2.43. The summed E-state index contributed by atoms with van der Waals surface area (Å²) in [5.41, 5.74) is 5.29. The highest BCUT2D eigenvalue weighted by Crippen LogP contribution is 2.49. The van der Waals surface area contributed by atoms with Crippen molar-refractivity contribution >= 4 is 72.5 Å². The van der Waals surface area contributed by atoms with Gasteiger partial charge in [-0.2, -0.15) is 0 Å². The minimum Gasteiger partial charge on any atom is -0.487 e. The van der Waals surface area contributed by atoms with Gasteiger partial charge in [-0.3, -0.25) is 4.79 Å². The molecule has 5 nitrogen and oxygen atoms in total. The number of carbonyl (C=O) groups excluding carboxylic acids is 2. The van der Waals surface area contributed by atoms with Crippen molar-refractivity contribution in [3.8, 4) is 5.75 Å². The maximum Gasteiger partial charge on any atom is 0.336 e. The van der Waals surface area contributed by atoms with Gasteiger partial charge in [0.05, 0.1) is 36.9 Å². The normalized spacial score (nSPS) is 16.3. The predicted molar refractivity (Wildman–Crippen MR) is 156 cm³/mol. The second kappa shape index (κ2) is 10.9. The third kappa shape index (κ3) is 4.81. The Morgan fingerprint density at radius 2 is 1.68 bits per heavy atom. The fourth-order valence-corrected chi connectivity index (χ4v) is 6.58. The molecule has 0 spiro atoms. The Morgan fingerprint density at radius 1 is 1.00 bits per heavy atom. The SMILES string of the molecule is CCOC(=O)C1=C(C)NC2=C(C(=O)c3ccccc32)[C@@H]1c1cc(Br)c(OCc2ccc(Cl)c(Cl)c2)c(Br)c1. The topological polar surface area (TPSA) is 64.6 Å². The van der Waals surface area contributed by atoms with Crippen LogP contribution in [0.15, 0.2) is 80.4 Å². The first-order valence-electron chi connectivity index (χ1n) is 11.8. The summed E-state index contributed by atoms with van der Waals surface area (Å²) in [6.07, 6.45) is 0. The number of hydrogen-bond acceptors (Lipinski definition) is 5. The number of carbonyl (C=O) groups is 2. The zero-order chi connectivity index (χ0) is 27.1. The minimum atomic E-state index is -0.637. The summed E-state index contributed by atoms with van der Waals surface area (Å²) in [5, 5.41) is 4.24. The Labute approximate surface area is 247 Å². The summed E-state index contributed by atoms with van der Waals surface area (Å²) in [4.78, 5) is 26.8. The standard InChI is InChI=1S/C29H21Br2Cl2NO4/c1-3-37-29(36)23-14(2)34-26-17-6-4-5-7-18(17)27(35)25(26)24(23)16-11-19(30)28(20(31)12-16)38-13-15-8-9-21(32)22(33)10-15/h4-12,24,34H,3,13H2,1-2H3/t24-/m1/s1. The first-order valence-corrected chi connectivity index (χ1v) is 14.1. The molecule has 2 aliphatic rings. The zero-order valence-electron chi connectivity index (χ0n) is 20.3. The molecule has 0 saturated carbocycles. The first kappa shape index (κ1) is 27.0. The van der Waals surface area contributed by atoms with Crippen LogP contribution in [0.5, 0.6) is 5.75 Å². The number of nitrogens with one attached hydrogen (secondary N) is 1. The lowest BCUT2D eigenvalue weighted by molar-refractivity contribution is -0.138. The van der Waals surface area contributed by atoms with E-state index in [4.69, 9.17) is 32.7 Å². The lowest BCUT2D eigenvalue weighted by atomic mass is 9.80. The van der Waals surface area contributed by atoms with Crippen LogP contribution in [-0.4, -0.2) is 18.4 Å². The molecule has 0 unspecified atom stereocenters. The van der Waals surface area contributed by atoms with Gasteiger partial charge in [-0.05, 0) is 81.1 Å². The van der Waals surface area contributed by atoms with E-state index in [0.717, 1.165) is 16.7 Å². The van der Waals surface area contributed by atoms with E-state index in [1.54, 1.807) is 25.1 Å². The third-order valence-corrected chi connectivity index (χ3v) is 8.38. The molecule has 0 fully saturated rings. The van der Waals surface area contributed by atoms with Crippen LogP contribution < -0.4 is 10.1 Å². The van der Waals surface area contributed by atoms with Crippen molar-refractivity contribution < 1.29 is 19.1 Å². The van der Waals surface area contributed by atoms with Gasteiger partial charge in [0.1, 0.15) is 12.4 Å². The van der Waals surface area contributed by atoms with Crippen LogP contribution in [0.2, 0.25) is 10.0 Å². The van der Waals surface area contributed by atoms with Crippen molar-refractivity contribution in [3.05, 3.63) is 113 Å². The summed E-state index contributed by atoms with van der Waals surface area (Å²) >= 11 is 19.4. The van der Waals surface area contributed by atoms with Crippen LogP contribution in [-0.2, 0) is 16.1 Å². The van der Waals surface area contributed by atoms with E-state index in [9.17, 15) is 9.59 Å². The van der Waals surface area contributed by atoms with E-state index in [1.807, 2.05) is 43.3 Å². The number of ether oxygens (including phenoxy) is 2. The lowest BCUT2D eigenvalue weighted by Crippen LogP contribution is -2.29. The van der Waals surface area contributed by atoms with E-state index < -0.39 is 11.9 Å². The molecular weight excluding hydrogens is 657 g/mol. The highest BCUT2D eigenvalue weighted by molar-refractivity contribution is 9.11. The fourth-order valence-electron chi connectivity index (χ4n) is 4.81. The minimum absolute atomic E-state index is 0.116. The predicted octanol–water partition coefficient (Wildman–Crippen LogP) is 8.23. The summed E-state index contributed by atoms with van der Waals surface area (Å²) in [6.45, 7) is 4.06. The molecule has 0 bridgehead atoms. The fraction of sp³-hybridized carbons (Fsp3) is 0.172. The van der Waals surface area contributed by atoms with Gasteiger partial charge < -0.3 is 14.8 Å². The number of ketones is 1. The molecule has 1 heterocycles. The molecule has 1 aliphatic heterocycles. The van der Waals surface area contributed by atoms with Crippen molar-refractivity contribution in [2.24, 2.45) is 0 Å². The first-order chi connectivity index (χ1) is 18.2. The van der Waals surface area contributed by atoms with Gasteiger partial charge in [0.25, 0.3) is 0 Å². The van der Waals surface area contributed by atoms with E-state index in [0.29, 0.717) is 52.8 Å². The van der Waals surface area contributed by atoms with Gasteiger partial charge in [-0.15, -0.1) is 0 Å². The van der Waals surface area contributed by atoms with Crippen LogP contribution in [0.25, 0.3) is 5.70 Å². The number of hydrogen-bond donors (Lipinski definition) is 1. The van der Waals surface area contributed by atoms with Crippen LogP contribution in [0.4, 0.5) is 0 Å². The molecule has 9 heteroatoms. The summed E-state index contributed by atoms with van der Waals surface area (Å²) in [5.74, 6) is -0.649. The number of Topliss-reactive ketones (excluding diaryl/α,β-unsaturated/α-hetero) is 1. The Hall–Kier alpha value is -2.58. The van der Waals surface area contributed by atoms with Crippen LogP contribution in [0, 0.1) is 0 Å². The molecule has 1 aliphatic carbocycles. The largest absolute Gasteiger partial charge is 0.487 e. The van der Waals surface area contributed by atoms with Crippen LogP contribution >= 0.6 is 55.1 Å². The monoisotopic (exact) mass is 675 g/mol. The molecular formula is C29H21Br2Cl2NO4. The van der Waals surface area contributed by atoms with E-state index in [-0.39, 0.29) is 19.0 Å². The summed E-state index contributed by atoms with van der Waals surface area (Å²) < 4.78 is 12.8. The summed E-state index contributed by atoms with van der Waals surface area (Å²) in [6, 6.07) is 16.5. The van der Waals surface area contributed by atoms with E-state index >= 15 is 0 Å². The van der Waals surface area contributed by atoms with Gasteiger partial charge in [0.2, 0.25) is 0 Å². The molecule has 3 aromatic carbocycles. The molecule has 0 saturated heterocycles. The maximum absolute atomic E-state index is 13.7. The van der Waals surface area contributed by atoms with Gasteiger partial charge in [-0.25, -0.2) is 4.79 Å². The number of halogens is 4. The second-order valence-electron chi connectivity index (χ2n) is 8.83. The number of rotatable bonds is 6.